The lowest BCUT2D eigenvalue weighted by molar-refractivity contribution is 0.202. The smallest absolute Gasteiger partial charge is 0.0753 e. The summed E-state index contributed by atoms with van der Waals surface area (Å²) in [6.07, 6.45) is 0.860. The summed E-state index contributed by atoms with van der Waals surface area (Å²) in [4.78, 5) is 4.75. The molecule has 0 amide bonds. The third-order valence-corrected chi connectivity index (χ3v) is 3.37. The van der Waals surface area contributed by atoms with Gasteiger partial charge in [0, 0.05) is 18.2 Å². The van der Waals surface area contributed by atoms with Gasteiger partial charge in [-0.25, -0.2) is 0 Å². The van der Waals surface area contributed by atoms with Crippen LogP contribution in [0.1, 0.15) is 31.0 Å². The molecule has 0 aliphatic rings. The molecular weight excluding hydrogens is 246 g/mol. The molecule has 0 unspecified atom stereocenters. The van der Waals surface area contributed by atoms with Crippen molar-refractivity contribution in [1.82, 2.24) is 4.98 Å². The standard InChI is InChI=1S/C15H18ClNO/c1-10(2)14-9-13(16)12-6-4-5-11(7-8-18-3)15(12)17-14/h4-6,9-10H,7-8H2,1-3H3. The molecule has 0 spiro atoms. The fraction of sp³-hybridized carbons (Fsp3) is 0.400. The van der Waals surface area contributed by atoms with Crippen LogP contribution < -0.4 is 0 Å². The quantitative estimate of drug-likeness (QED) is 0.825. The Morgan fingerprint density at radius 3 is 2.78 bits per heavy atom. The van der Waals surface area contributed by atoms with Crippen molar-refractivity contribution < 1.29 is 4.74 Å². The van der Waals surface area contributed by atoms with Gasteiger partial charge in [0.1, 0.15) is 0 Å². The highest BCUT2D eigenvalue weighted by molar-refractivity contribution is 6.35. The maximum absolute atomic E-state index is 6.34. The number of rotatable bonds is 4. The van der Waals surface area contributed by atoms with E-state index in [1.54, 1.807) is 7.11 Å². The molecule has 1 aromatic carbocycles. The number of methoxy groups -OCH3 is 1. The molecule has 0 saturated heterocycles. The average molecular weight is 264 g/mol. The first kappa shape index (κ1) is 13.3. The Hall–Kier alpha value is -1.12. The summed E-state index contributed by atoms with van der Waals surface area (Å²) in [5.74, 6) is 0.377. The maximum Gasteiger partial charge on any atom is 0.0753 e. The van der Waals surface area contributed by atoms with Crippen molar-refractivity contribution in [2.45, 2.75) is 26.2 Å². The van der Waals surface area contributed by atoms with Gasteiger partial charge in [-0.2, -0.15) is 0 Å². The van der Waals surface area contributed by atoms with Crippen molar-refractivity contribution in [3.63, 3.8) is 0 Å². The van der Waals surface area contributed by atoms with Gasteiger partial charge in [-0.3, -0.25) is 4.98 Å². The van der Waals surface area contributed by atoms with E-state index in [9.17, 15) is 0 Å². The van der Waals surface area contributed by atoms with E-state index in [2.05, 4.69) is 19.9 Å². The van der Waals surface area contributed by atoms with Crippen LogP contribution in [0, 0.1) is 0 Å². The van der Waals surface area contributed by atoms with Crippen molar-refractivity contribution >= 4 is 22.5 Å². The second-order valence-electron chi connectivity index (χ2n) is 4.74. The number of pyridine rings is 1. The van der Waals surface area contributed by atoms with E-state index in [0.29, 0.717) is 12.5 Å². The molecule has 2 nitrogen and oxygen atoms in total. The Morgan fingerprint density at radius 1 is 1.33 bits per heavy atom. The second kappa shape index (κ2) is 5.68. The molecule has 3 heteroatoms. The molecule has 0 saturated carbocycles. The van der Waals surface area contributed by atoms with E-state index in [-0.39, 0.29) is 0 Å². The van der Waals surface area contributed by atoms with Crippen LogP contribution >= 0.6 is 11.6 Å². The van der Waals surface area contributed by atoms with Crippen LogP contribution in [0.25, 0.3) is 10.9 Å². The molecule has 2 rings (SSSR count). The van der Waals surface area contributed by atoms with E-state index in [1.807, 2.05) is 18.2 Å². The molecule has 1 heterocycles. The van der Waals surface area contributed by atoms with E-state index in [1.165, 1.54) is 5.56 Å². The van der Waals surface area contributed by atoms with Crippen LogP contribution in [-0.2, 0) is 11.2 Å². The van der Waals surface area contributed by atoms with Gasteiger partial charge in [0.2, 0.25) is 0 Å². The second-order valence-corrected chi connectivity index (χ2v) is 5.15. The molecular formula is C15H18ClNO. The van der Waals surface area contributed by atoms with Crippen LogP contribution in [0.5, 0.6) is 0 Å². The van der Waals surface area contributed by atoms with Gasteiger partial charge in [-0.15, -0.1) is 0 Å². The number of para-hydroxylation sites is 1. The van der Waals surface area contributed by atoms with Gasteiger partial charge < -0.3 is 4.74 Å². The molecule has 1 aromatic heterocycles. The summed E-state index contributed by atoms with van der Waals surface area (Å²) in [5.41, 5.74) is 3.24. The van der Waals surface area contributed by atoms with Crippen molar-refractivity contribution in [1.29, 1.82) is 0 Å². The molecule has 0 aliphatic carbocycles. The predicted octanol–water partition coefficient (Wildman–Crippen LogP) is 4.20. The van der Waals surface area contributed by atoms with E-state index < -0.39 is 0 Å². The lowest BCUT2D eigenvalue weighted by Crippen LogP contribution is -1.99. The zero-order chi connectivity index (χ0) is 13.1. The third kappa shape index (κ3) is 2.65. The summed E-state index contributed by atoms with van der Waals surface area (Å²) in [7, 11) is 1.71. The summed E-state index contributed by atoms with van der Waals surface area (Å²) in [6.45, 7) is 4.95. The molecule has 0 N–H and O–H groups in total. The highest BCUT2D eigenvalue weighted by Gasteiger charge is 2.10. The minimum atomic E-state index is 0.377. The first-order valence-corrected chi connectivity index (χ1v) is 6.58. The normalized spacial score (nSPS) is 11.4. The van der Waals surface area contributed by atoms with Gasteiger partial charge in [0.15, 0.2) is 0 Å². The van der Waals surface area contributed by atoms with Gasteiger partial charge in [0.25, 0.3) is 0 Å². The Kier molecular flexibility index (Phi) is 4.20. The number of halogens is 1. The average Bonchev–Trinajstić information content (AvgIpc) is 2.36. The highest BCUT2D eigenvalue weighted by Crippen LogP contribution is 2.28. The topological polar surface area (TPSA) is 22.1 Å². The van der Waals surface area contributed by atoms with Crippen LogP contribution in [-0.4, -0.2) is 18.7 Å². The zero-order valence-electron chi connectivity index (χ0n) is 11.0. The van der Waals surface area contributed by atoms with Gasteiger partial charge in [-0.1, -0.05) is 43.6 Å². The van der Waals surface area contributed by atoms with Crippen molar-refractivity contribution in [2.24, 2.45) is 0 Å². The van der Waals surface area contributed by atoms with Crippen molar-refractivity contribution in [2.75, 3.05) is 13.7 Å². The lowest BCUT2D eigenvalue weighted by atomic mass is 10.0. The largest absolute Gasteiger partial charge is 0.384 e. The molecule has 18 heavy (non-hydrogen) atoms. The summed E-state index contributed by atoms with van der Waals surface area (Å²) in [5, 5.41) is 1.80. The Morgan fingerprint density at radius 2 is 2.11 bits per heavy atom. The molecule has 0 aliphatic heterocycles. The summed E-state index contributed by atoms with van der Waals surface area (Å²) >= 11 is 6.34. The van der Waals surface area contributed by atoms with E-state index in [0.717, 1.165) is 28.0 Å². The van der Waals surface area contributed by atoms with Gasteiger partial charge in [-0.05, 0) is 24.0 Å². The molecule has 0 bridgehead atoms. The number of ether oxygens (including phenoxy) is 1. The van der Waals surface area contributed by atoms with Crippen molar-refractivity contribution in [3.8, 4) is 0 Å². The molecule has 2 aromatic rings. The zero-order valence-corrected chi connectivity index (χ0v) is 11.8. The fourth-order valence-electron chi connectivity index (χ4n) is 1.99. The highest BCUT2D eigenvalue weighted by atomic mass is 35.5. The number of nitrogens with zero attached hydrogens (tertiary/aromatic N) is 1. The number of aromatic nitrogens is 1. The predicted molar refractivity (Wildman–Crippen MR) is 76.4 cm³/mol. The van der Waals surface area contributed by atoms with Crippen LogP contribution in [0.15, 0.2) is 24.3 Å². The minimum absolute atomic E-state index is 0.377. The van der Waals surface area contributed by atoms with Crippen LogP contribution in [0.3, 0.4) is 0 Å². The number of hydrogen-bond acceptors (Lipinski definition) is 2. The molecule has 0 atom stereocenters. The van der Waals surface area contributed by atoms with Crippen molar-refractivity contribution in [3.05, 3.63) is 40.5 Å². The fourth-order valence-corrected chi connectivity index (χ4v) is 2.26. The summed E-state index contributed by atoms with van der Waals surface area (Å²) in [6, 6.07) is 8.10. The lowest BCUT2D eigenvalue weighted by Gasteiger charge is -2.11. The SMILES string of the molecule is COCCc1cccc2c(Cl)cc(C(C)C)nc12. The Labute approximate surface area is 113 Å². The Bertz CT molecular complexity index is 551. The van der Waals surface area contributed by atoms with Gasteiger partial charge in [0.05, 0.1) is 17.1 Å². The van der Waals surface area contributed by atoms with Crippen LogP contribution in [0.4, 0.5) is 0 Å². The Balaban J connectivity index is 2.58. The van der Waals surface area contributed by atoms with Gasteiger partial charge >= 0.3 is 0 Å². The first-order chi connectivity index (χ1) is 8.63. The molecule has 96 valence electrons. The van der Waals surface area contributed by atoms with E-state index >= 15 is 0 Å². The number of benzene rings is 1. The minimum Gasteiger partial charge on any atom is -0.384 e. The third-order valence-electron chi connectivity index (χ3n) is 3.06. The van der Waals surface area contributed by atoms with E-state index in [4.69, 9.17) is 21.3 Å². The van der Waals surface area contributed by atoms with Crippen LogP contribution in [0.2, 0.25) is 5.02 Å². The summed E-state index contributed by atoms with van der Waals surface area (Å²) < 4.78 is 5.14. The maximum atomic E-state index is 6.34. The number of hydrogen-bond donors (Lipinski definition) is 0. The molecule has 0 fully saturated rings. The monoisotopic (exact) mass is 263 g/mol. The molecule has 0 radical (unpaired) electrons. The first-order valence-electron chi connectivity index (χ1n) is 6.20. The number of fused-ring (bicyclic) bond motifs is 1.